The van der Waals surface area contributed by atoms with Crippen molar-refractivity contribution in [3.63, 3.8) is 0 Å². The van der Waals surface area contributed by atoms with Crippen LogP contribution in [0.1, 0.15) is 70.6 Å². The Kier molecular flexibility index (Phi) is 15.7. The van der Waals surface area contributed by atoms with Crippen LogP contribution in [0.25, 0.3) is 0 Å². The quantitative estimate of drug-likeness (QED) is 0.232. The Morgan fingerprint density at radius 2 is 1.38 bits per heavy atom. The van der Waals surface area contributed by atoms with Gasteiger partial charge in [0.2, 0.25) is 17.7 Å². The topological polar surface area (TPSA) is 153 Å². The Balaban J connectivity index is 4.18. The van der Waals surface area contributed by atoms with Crippen molar-refractivity contribution in [3.05, 3.63) is 0 Å². The summed E-state index contributed by atoms with van der Waals surface area (Å²) < 4.78 is 0. The lowest BCUT2D eigenvalue weighted by Gasteiger charge is -2.18. The van der Waals surface area contributed by atoms with Crippen molar-refractivity contribution < 1.29 is 14.4 Å². The summed E-state index contributed by atoms with van der Waals surface area (Å²) in [6, 6.07) is -0.519. The number of hydrogen-bond donors (Lipinski definition) is 5. The normalized spacial score (nSPS) is 11.8. The predicted octanol–water partition coefficient (Wildman–Crippen LogP) is 0.281. The van der Waals surface area contributed by atoms with Crippen LogP contribution >= 0.6 is 0 Å². The van der Waals surface area contributed by atoms with Gasteiger partial charge in [-0.3, -0.25) is 14.4 Å². The van der Waals surface area contributed by atoms with E-state index in [-0.39, 0.29) is 17.7 Å². The highest BCUT2D eigenvalue weighted by atomic mass is 16.2. The molecule has 26 heavy (non-hydrogen) atoms. The molecule has 8 nitrogen and oxygen atoms in total. The predicted molar refractivity (Wildman–Crippen MR) is 103 cm³/mol. The third kappa shape index (κ3) is 14.7. The Morgan fingerprint density at radius 1 is 0.769 bits per heavy atom. The lowest BCUT2D eigenvalue weighted by Crippen LogP contribution is -2.47. The van der Waals surface area contributed by atoms with Gasteiger partial charge in [-0.25, -0.2) is 0 Å². The summed E-state index contributed by atoms with van der Waals surface area (Å²) in [7, 11) is 0. The van der Waals surface area contributed by atoms with E-state index >= 15 is 0 Å². The number of hydrogen-bond acceptors (Lipinski definition) is 5. The first kappa shape index (κ1) is 24.3. The zero-order valence-corrected chi connectivity index (χ0v) is 15.9. The van der Waals surface area contributed by atoms with Crippen LogP contribution in [0.2, 0.25) is 0 Å². The first-order valence-corrected chi connectivity index (χ1v) is 9.76. The van der Waals surface area contributed by atoms with E-state index < -0.39 is 6.04 Å². The van der Waals surface area contributed by atoms with Gasteiger partial charge in [-0.05, 0) is 58.0 Å². The standard InChI is InChI=1S/C18H37N5O3/c19-12-6-1-4-11-17(25)23-15(9-5-7-13-20)18(26)22-14-8-2-3-10-16(21)24/h15H,1-14,19-20H2,(H2,21,24)(H,22,26)(H,23,25)/t15-/m0/s1. The molecule has 8 heteroatoms. The van der Waals surface area contributed by atoms with Gasteiger partial charge >= 0.3 is 0 Å². The highest BCUT2D eigenvalue weighted by molar-refractivity contribution is 5.87. The number of unbranched alkanes of at least 4 members (excludes halogenated alkanes) is 5. The number of amides is 3. The fraction of sp³-hybridized carbons (Fsp3) is 0.833. The average Bonchev–Trinajstić information content (AvgIpc) is 2.60. The number of rotatable bonds is 17. The first-order valence-electron chi connectivity index (χ1n) is 9.76. The van der Waals surface area contributed by atoms with Gasteiger partial charge in [-0.2, -0.15) is 0 Å². The van der Waals surface area contributed by atoms with Crippen molar-refractivity contribution in [2.45, 2.75) is 76.7 Å². The molecule has 0 radical (unpaired) electrons. The Hall–Kier alpha value is -1.67. The summed E-state index contributed by atoms with van der Waals surface area (Å²) in [6.45, 7) is 1.73. The van der Waals surface area contributed by atoms with E-state index in [4.69, 9.17) is 17.2 Å². The summed E-state index contributed by atoms with van der Waals surface area (Å²) in [5.41, 5.74) is 16.0. The second-order valence-corrected chi connectivity index (χ2v) is 6.57. The summed E-state index contributed by atoms with van der Waals surface area (Å²) in [6.07, 6.45) is 7.91. The van der Waals surface area contributed by atoms with E-state index in [0.29, 0.717) is 38.9 Å². The third-order valence-corrected chi connectivity index (χ3v) is 4.11. The molecule has 8 N–H and O–H groups in total. The van der Waals surface area contributed by atoms with Gasteiger partial charge in [0.25, 0.3) is 0 Å². The monoisotopic (exact) mass is 371 g/mol. The molecule has 0 aromatic carbocycles. The van der Waals surface area contributed by atoms with E-state index in [1.165, 1.54) is 0 Å². The molecule has 0 rings (SSSR count). The third-order valence-electron chi connectivity index (χ3n) is 4.11. The van der Waals surface area contributed by atoms with E-state index in [2.05, 4.69) is 10.6 Å². The smallest absolute Gasteiger partial charge is 0.242 e. The Bertz CT molecular complexity index is 404. The van der Waals surface area contributed by atoms with Crippen LogP contribution in [0, 0.1) is 0 Å². The van der Waals surface area contributed by atoms with Gasteiger partial charge < -0.3 is 27.8 Å². The van der Waals surface area contributed by atoms with Crippen molar-refractivity contribution in [2.24, 2.45) is 17.2 Å². The van der Waals surface area contributed by atoms with Crippen LogP contribution in [0.3, 0.4) is 0 Å². The Morgan fingerprint density at radius 3 is 2.04 bits per heavy atom. The molecule has 0 aromatic heterocycles. The molecule has 3 amide bonds. The average molecular weight is 372 g/mol. The lowest BCUT2D eigenvalue weighted by atomic mass is 10.1. The van der Waals surface area contributed by atoms with E-state index in [1.54, 1.807) is 0 Å². The van der Waals surface area contributed by atoms with E-state index in [1.807, 2.05) is 0 Å². The lowest BCUT2D eigenvalue weighted by molar-refractivity contribution is -0.129. The molecule has 152 valence electrons. The molecule has 0 aliphatic rings. The highest BCUT2D eigenvalue weighted by Gasteiger charge is 2.19. The summed E-state index contributed by atoms with van der Waals surface area (Å²) in [5.74, 6) is -0.563. The molecular formula is C18H37N5O3. The number of nitrogens with two attached hydrogens (primary N) is 3. The zero-order chi connectivity index (χ0) is 19.6. The maximum absolute atomic E-state index is 12.3. The molecule has 0 aliphatic carbocycles. The fourth-order valence-corrected chi connectivity index (χ4v) is 2.57. The molecule has 0 fully saturated rings. The van der Waals surface area contributed by atoms with Crippen molar-refractivity contribution in [3.8, 4) is 0 Å². The first-order chi connectivity index (χ1) is 12.5. The minimum atomic E-state index is -0.519. The van der Waals surface area contributed by atoms with Gasteiger partial charge in [-0.1, -0.05) is 12.8 Å². The minimum absolute atomic E-state index is 0.101. The van der Waals surface area contributed by atoms with Crippen LogP contribution in [-0.4, -0.2) is 43.4 Å². The molecule has 0 saturated carbocycles. The van der Waals surface area contributed by atoms with Crippen molar-refractivity contribution in [1.82, 2.24) is 10.6 Å². The zero-order valence-electron chi connectivity index (χ0n) is 15.9. The SMILES string of the molecule is NCCCCCC(=O)N[C@@H](CCCCN)C(=O)NCCCCCC(N)=O. The van der Waals surface area contributed by atoms with E-state index in [0.717, 1.165) is 51.4 Å². The molecular weight excluding hydrogens is 334 g/mol. The number of carbonyl (C=O) groups is 3. The number of nitrogens with one attached hydrogen (secondary N) is 2. The second-order valence-electron chi connectivity index (χ2n) is 6.57. The summed E-state index contributed by atoms with van der Waals surface area (Å²) in [4.78, 5) is 35.1. The molecule has 0 aromatic rings. The van der Waals surface area contributed by atoms with Gasteiger partial charge in [-0.15, -0.1) is 0 Å². The van der Waals surface area contributed by atoms with Crippen LogP contribution in [0.15, 0.2) is 0 Å². The highest BCUT2D eigenvalue weighted by Crippen LogP contribution is 2.04. The van der Waals surface area contributed by atoms with E-state index in [9.17, 15) is 14.4 Å². The fourth-order valence-electron chi connectivity index (χ4n) is 2.57. The minimum Gasteiger partial charge on any atom is -0.370 e. The molecule has 0 aliphatic heterocycles. The summed E-state index contributed by atoms with van der Waals surface area (Å²) >= 11 is 0. The molecule has 0 unspecified atom stereocenters. The van der Waals surface area contributed by atoms with Gasteiger partial charge in [0.1, 0.15) is 6.04 Å². The molecule has 0 saturated heterocycles. The largest absolute Gasteiger partial charge is 0.370 e. The van der Waals surface area contributed by atoms with Crippen molar-refractivity contribution >= 4 is 17.7 Å². The summed E-state index contributed by atoms with van der Waals surface area (Å²) in [5, 5.41) is 5.70. The molecule has 1 atom stereocenters. The molecule has 0 bridgehead atoms. The number of primary amides is 1. The Labute approximate surface area is 157 Å². The van der Waals surface area contributed by atoms with Crippen LogP contribution in [0.5, 0.6) is 0 Å². The van der Waals surface area contributed by atoms with Gasteiger partial charge in [0.15, 0.2) is 0 Å². The molecule has 0 heterocycles. The van der Waals surface area contributed by atoms with Crippen molar-refractivity contribution in [2.75, 3.05) is 19.6 Å². The van der Waals surface area contributed by atoms with Crippen LogP contribution in [-0.2, 0) is 14.4 Å². The second kappa shape index (κ2) is 16.8. The van der Waals surface area contributed by atoms with Crippen LogP contribution < -0.4 is 27.8 Å². The maximum atomic E-state index is 12.3. The van der Waals surface area contributed by atoms with Gasteiger partial charge in [0, 0.05) is 19.4 Å². The van der Waals surface area contributed by atoms with Crippen molar-refractivity contribution in [1.29, 1.82) is 0 Å². The van der Waals surface area contributed by atoms with Gasteiger partial charge in [0.05, 0.1) is 0 Å². The molecule has 0 spiro atoms. The maximum Gasteiger partial charge on any atom is 0.242 e. The number of carbonyl (C=O) groups excluding carboxylic acids is 3. The van der Waals surface area contributed by atoms with Crippen LogP contribution in [0.4, 0.5) is 0 Å².